The zero-order valence-electron chi connectivity index (χ0n) is 23.5. The van der Waals surface area contributed by atoms with Gasteiger partial charge in [-0.05, 0) is 119 Å². The van der Waals surface area contributed by atoms with Crippen molar-refractivity contribution < 1.29 is 24.3 Å². The topological polar surface area (TPSA) is 88.5 Å². The fourth-order valence-electron chi connectivity index (χ4n) is 8.52. The summed E-state index contributed by atoms with van der Waals surface area (Å²) in [6.07, 6.45) is 11.5. The van der Waals surface area contributed by atoms with Crippen LogP contribution in [0.5, 0.6) is 0 Å². The summed E-state index contributed by atoms with van der Waals surface area (Å²) in [6, 6.07) is 18.3. The number of aliphatic hydroxyl groups is 1. The van der Waals surface area contributed by atoms with E-state index in [-0.39, 0.29) is 19.2 Å². The Kier molecular flexibility index (Phi) is 7.99. The van der Waals surface area contributed by atoms with Crippen LogP contribution in [0.15, 0.2) is 54.6 Å². The van der Waals surface area contributed by atoms with E-state index in [1.807, 2.05) is 12.1 Å². The van der Waals surface area contributed by atoms with Gasteiger partial charge in [0, 0.05) is 6.61 Å². The summed E-state index contributed by atoms with van der Waals surface area (Å²) in [5, 5.41) is 11.4. The van der Waals surface area contributed by atoms with Gasteiger partial charge in [-0.25, -0.2) is 0 Å². The summed E-state index contributed by atoms with van der Waals surface area (Å²) >= 11 is 0. The van der Waals surface area contributed by atoms with Gasteiger partial charge in [-0.3, -0.25) is 19.2 Å². The van der Waals surface area contributed by atoms with Gasteiger partial charge in [0.05, 0.1) is 0 Å². The van der Waals surface area contributed by atoms with Crippen LogP contribution in [0.4, 0.5) is 0 Å². The van der Waals surface area contributed by atoms with Gasteiger partial charge in [0.2, 0.25) is 11.6 Å². The number of hydrogen-bond acceptors (Lipinski definition) is 5. The molecule has 5 heteroatoms. The maximum atomic E-state index is 12.1. The fourth-order valence-corrected chi connectivity index (χ4v) is 8.52. The summed E-state index contributed by atoms with van der Waals surface area (Å²) < 4.78 is 0. The maximum absolute atomic E-state index is 12.1. The summed E-state index contributed by atoms with van der Waals surface area (Å²) in [4.78, 5) is 46.5. The van der Waals surface area contributed by atoms with Crippen LogP contribution in [0.3, 0.4) is 0 Å². The molecule has 3 aromatic carbocycles. The van der Waals surface area contributed by atoms with Gasteiger partial charge >= 0.3 is 0 Å². The lowest BCUT2D eigenvalue weighted by Gasteiger charge is -2.52. The summed E-state index contributed by atoms with van der Waals surface area (Å²) in [5.41, 5.74) is 5.49. The summed E-state index contributed by atoms with van der Waals surface area (Å²) in [7, 11) is 0. The van der Waals surface area contributed by atoms with Gasteiger partial charge in [0.15, 0.2) is 12.6 Å². The first kappa shape index (κ1) is 27.7. The number of Topliss-reactive ketones (excluding diaryl/α,β-unsaturated/α-hetero) is 2. The molecule has 0 amide bonds. The first-order valence-corrected chi connectivity index (χ1v) is 15.3. The van der Waals surface area contributed by atoms with Crippen molar-refractivity contribution in [2.75, 3.05) is 6.61 Å². The molecule has 0 aliphatic heterocycles. The molecule has 3 aromatic rings. The zero-order chi connectivity index (χ0) is 28.5. The number of ketones is 2. The number of hydrogen-bond donors (Lipinski definition) is 1. The highest BCUT2D eigenvalue weighted by Gasteiger charge is 2.46. The lowest BCUT2D eigenvalue weighted by Crippen LogP contribution is -2.42. The third kappa shape index (κ3) is 5.32. The number of rotatable bonds is 10. The van der Waals surface area contributed by atoms with Crippen LogP contribution in [0.1, 0.15) is 79.9 Å². The van der Waals surface area contributed by atoms with Crippen molar-refractivity contribution in [2.24, 2.45) is 23.7 Å². The van der Waals surface area contributed by atoms with E-state index in [0.29, 0.717) is 11.5 Å². The number of benzene rings is 3. The molecule has 6 rings (SSSR count). The molecule has 3 fully saturated rings. The Labute approximate surface area is 241 Å². The molecule has 5 unspecified atom stereocenters. The Hall–Kier alpha value is -3.44. The molecule has 0 radical (unpaired) electrons. The number of fused-ring (bicyclic) bond motifs is 2. The van der Waals surface area contributed by atoms with Gasteiger partial charge in [0.1, 0.15) is 5.92 Å². The molecule has 5 nitrogen and oxygen atoms in total. The Bertz CT molecular complexity index is 1470. The first-order valence-electron chi connectivity index (χ1n) is 15.3. The van der Waals surface area contributed by atoms with Crippen LogP contribution in [0, 0.1) is 23.7 Å². The standard InChI is InChI=1S/C36H38O5/c37-14-2-4-24-8-9-28(19-32(24)33-16-22-6-7-23-3-1-5-30(33)31(23)15-22)26-10-11-27-18-29(13-12-25(27)17-26)36(34(40)20-38)35(41)21-39/h8-13,17-23,30-31,33,36-37H,1-7,14-16H2. The molecule has 3 saturated carbocycles. The van der Waals surface area contributed by atoms with Crippen LogP contribution in [0.2, 0.25) is 0 Å². The van der Waals surface area contributed by atoms with Crippen LogP contribution in [-0.4, -0.2) is 35.9 Å². The quantitative estimate of drug-likeness (QED) is 0.180. The number of carbonyl (C=O) groups is 4. The molecule has 0 saturated heterocycles. The minimum absolute atomic E-state index is 0.105. The number of aliphatic hydroxyl groups excluding tert-OH is 1. The average molecular weight is 551 g/mol. The number of aryl methyl sites for hydroxylation is 1. The second-order valence-corrected chi connectivity index (χ2v) is 12.6. The molecule has 0 aromatic heterocycles. The van der Waals surface area contributed by atoms with Crippen molar-refractivity contribution in [2.45, 2.75) is 69.6 Å². The van der Waals surface area contributed by atoms with E-state index in [4.69, 9.17) is 0 Å². The molecule has 0 heterocycles. The van der Waals surface area contributed by atoms with Crippen LogP contribution >= 0.6 is 0 Å². The molecule has 3 aliphatic carbocycles. The summed E-state index contributed by atoms with van der Waals surface area (Å²) in [5.74, 6) is 0.738. The SMILES string of the molecule is O=CC(=O)C(C(=O)C=O)c1ccc2cc(-c3ccc(CCCO)c(C4CC5CCC6CCCC4C6C5)c3)ccc2c1. The van der Waals surface area contributed by atoms with Crippen molar-refractivity contribution in [1.82, 2.24) is 0 Å². The second kappa shape index (κ2) is 11.8. The molecular weight excluding hydrogens is 512 g/mol. The van der Waals surface area contributed by atoms with Gasteiger partial charge in [-0.1, -0.05) is 61.7 Å². The van der Waals surface area contributed by atoms with Gasteiger partial charge in [-0.15, -0.1) is 0 Å². The van der Waals surface area contributed by atoms with Crippen molar-refractivity contribution in [1.29, 1.82) is 0 Å². The van der Waals surface area contributed by atoms with Gasteiger partial charge in [0.25, 0.3) is 0 Å². The molecule has 2 bridgehead atoms. The van der Waals surface area contributed by atoms with E-state index in [9.17, 15) is 24.3 Å². The van der Waals surface area contributed by atoms with Crippen molar-refractivity contribution in [3.05, 3.63) is 71.3 Å². The molecule has 212 valence electrons. The molecule has 5 atom stereocenters. The third-order valence-corrected chi connectivity index (χ3v) is 10.4. The monoisotopic (exact) mass is 550 g/mol. The molecule has 3 aliphatic rings. The van der Waals surface area contributed by atoms with E-state index < -0.39 is 17.5 Å². The van der Waals surface area contributed by atoms with E-state index in [0.717, 1.165) is 52.8 Å². The smallest absolute Gasteiger partial charge is 0.210 e. The first-order chi connectivity index (χ1) is 20.0. The predicted octanol–water partition coefficient (Wildman–Crippen LogP) is 6.37. The van der Waals surface area contributed by atoms with Crippen molar-refractivity contribution in [3.8, 4) is 11.1 Å². The van der Waals surface area contributed by atoms with Crippen molar-refractivity contribution >= 4 is 34.9 Å². The van der Waals surface area contributed by atoms with Crippen LogP contribution < -0.4 is 0 Å². The lowest BCUT2D eigenvalue weighted by atomic mass is 9.53. The number of carbonyl (C=O) groups excluding carboxylic acids is 4. The highest BCUT2D eigenvalue weighted by Crippen LogP contribution is 2.57. The largest absolute Gasteiger partial charge is 0.396 e. The minimum atomic E-state index is -1.39. The zero-order valence-corrected chi connectivity index (χ0v) is 23.5. The highest BCUT2D eigenvalue weighted by molar-refractivity contribution is 6.42. The maximum Gasteiger partial charge on any atom is 0.210 e. The molecule has 0 spiro atoms. The second-order valence-electron chi connectivity index (χ2n) is 12.6. The fraction of sp³-hybridized carbons (Fsp3) is 0.444. The van der Waals surface area contributed by atoms with Crippen LogP contribution in [-0.2, 0) is 25.6 Å². The molecule has 1 N–H and O–H groups in total. The molecule has 41 heavy (non-hydrogen) atoms. The van der Waals surface area contributed by atoms with E-state index in [1.165, 1.54) is 61.6 Å². The Morgan fingerprint density at radius 2 is 1.54 bits per heavy atom. The summed E-state index contributed by atoms with van der Waals surface area (Å²) in [6.45, 7) is 0.201. The Balaban J connectivity index is 1.36. The predicted molar refractivity (Wildman–Crippen MR) is 159 cm³/mol. The Morgan fingerprint density at radius 1 is 0.805 bits per heavy atom. The van der Waals surface area contributed by atoms with Gasteiger partial charge < -0.3 is 5.11 Å². The molecular formula is C36H38O5. The lowest BCUT2D eigenvalue weighted by molar-refractivity contribution is -0.138. The van der Waals surface area contributed by atoms with E-state index in [1.54, 1.807) is 12.1 Å². The van der Waals surface area contributed by atoms with Gasteiger partial charge in [-0.2, -0.15) is 0 Å². The average Bonchev–Trinajstić information content (AvgIpc) is 3.02. The normalized spacial score (nSPS) is 25.2. The third-order valence-electron chi connectivity index (χ3n) is 10.4. The minimum Gasteiger partial charge on any atom is -0.396 e. The highest BCUT2D eigenvalue weighted by atomic mass is 16.3. The van der Waals surface area contributed by atoms with E-state index >= 15 is 0 Å². The van der Waals surface area contributed by atoms with Crippen molar-refractivity contribution in [3.63, 3.8) is 0 Å². The van der Waals surface area contributed by atoms with Crippen LogP contribution in [0.25, 0.3) is 21.9 Å². The number of aldehydes is 2. The van der Waals surface area contributed by atoms with E-state index in [2.05, 4.69) is 30.3 Å². The Morgan fingerprint density at radius 3 is 2.32 bits per heavy atom.